The van der Waals surface area contributed by atoms with Crippen LogP contribution in [-0.2, 0) is 9.47 Å². The quantitative estimate of drug-likeness (QED) is 0.275. The molecular formula is C26H37Cl2N5O2. The van der Waals surface area contributed by atoms with Gasteiger partial charge in [-0.3, -0.25) is 0 Å². The summed E-state index contributed by atoms with van der Waals surface area (Å²) >= 11 is 13.1. The van der Waals surface area contributed by atoms with Crippen molar-refractivity contribution in [3.63, 3.8) is 0 Å². The fourth-order valence-corrected chi connectivity index (χ4v) is 5.24. The second-order valence-electron chi connectivity index (χ2n) is 10.0. The van der Waals surface area contributed by atoms with Gasteiger partial charge in [0, 0.05) is 62.8 Å². The maximum absolute atomic E-state index is 6.57. The Morgan fingerprint density at radius 1 is 1.03 bits per heavy atom. The van der Waals surface area contributed by atoms with Crippen molar-refractivity contribution >= 4 is 34.7 Å². The lowest BCUT2D eigenvalue weighted by Crippen LogP contribution is -2.38. The van der Waals surface area contributed by atoms with Crippen molar-refractivity contribution in [3.8, 4) is 11.1 Å². The van der Waals surface area contributed by atoms with Gasteiger partial charge in [0.05, 0.1) is 23.5 Å². The van der Waals surface area contributed by atoms with Crippen molar-refractivity contribution in [2.24, 2.45) is 5.41 Å². The summed E-state index contributed by atoms with van der Waals surface area (Å²) in [7, 11) is 1.74. The van der Waals surface area contributed by atoms with Crippen LogP contribution < -0.4 is 16.0 Å². The standard InChI is InChI=1S/C26H37Cl2N5O2/c1-26(7-10-35-11-8-26)17-32-20-13-22(25(28)31-15-20)21-14-24(30-16-23(21)27)33-19-5-3-18(4-6-19)29-9-12-34-2/h13-16,18-19,29,32H,3-12,17H2,1-2H3,(H,30,33). The van der Waals surface area contributed by atoms with Crippen LogP contribution in [0.2, 0.25) is 10.2 Å². The SMILES string of the molecule is COCCNC1CCC(Nc2cc(-c3cc(NCC4(C)CCOCC4)cnc3Cl)c(Cl)cn2)CC1. The summed E-state index contributed by atoms with van der Waals surface area (Å²) in [5.41, 5.74) is 2.77. The van der Waals surface area contributed by atoms with Gasteiger partial charge in [0.15, 0.2) is 0 Å². The van der Waals surface area contributed by atoms with Gasteiger partial charge in [0.2, 0.25) is 0 Å². The monoisotopic (exact) mass is 521 g/mol. The highest BCUT2D eigenvalue weighted by Gasteiger charge is 2.27. The molecule has 0 aromatic carbocycles. The minimum atomic E-state index is 0.210. The molecule has 0 amide bonds. The molecule has 3 N–H and O–H groups in total. The summed E-state index contributed by atoms with van der Waals surface area (Å²) < 4.78 is 10.7. The number of nitrogens with zero attached hydrogens (tertiary/aromatic N) is 2. The Hall–Kier alpha value is -1.64. The van der Waals surface area contributed by atoms with Gasteiger partial charge in [0.1, 0.15) is 11.0 Å². The predicted octanol–water partition coefficient (Wildman–Crippen LogP) is 5.64. The van der Waals surface area contributed by atoms with Gasteiger partial charge in [-0.15, -0.1) is 0 Å². The van der Waals surface area contributed by atoms with E-state index in [0.717, 1.165) is 94.1 Å². The van der Waals surface area contributed by atoms with Crippen LogP contribution in [0.5, 0.6) is 0 Å². The van der Waals surface area contributed by atoms with Crippen molar-refractivity contribution < 1.29 is 9.47 Å². The number of halogens is 2. The number of rotatable bonds is 10. The smallest absolute Gasteiger partial charge is 0.137 e. The van der Waals surface area contributed by atoms with Gasteiger partial charge in [0.25, 0.3) is 0 Å². The van der Waals surface area contributed by atoms with Gasteiger partial charge < -0.3 is 25.4 Å². The Morgan fingerprint density at radius 2 is 1.77 bits per heavy atom. The van der Waals surface area contributed by atoms with Crippen LogP contribution >= 0.6 is 23.2 Å². The molecular weight excluding hydrogens is 485 g/mol. The lowest BCUT2D eigenvalue weighted by Gasteiger charge is -2.33. The zero-order valence-corrected chi connectivity index (χ0v) is 22.2. The summed E-state index contributed by atoms with van der Waals surface area (Å²) in [6.45, 7) is 6.44. The molecule has 2 aliphatic rings. The third-order valence-corrected chi connectivity index (χ3v) is 7.82. The first-order chi connectivity index (χ1) is 17.0. The van der Waals surface area contributed by atoms with E-state index in [0.29, 0.717) is 22.3 Å². The molecule has 1 aliphatic heterocycles. The molecule has 2 aromatic rings. The second kappa shape index (κ2) is 12.5. The van der Waals surface area contributed by atoms with E-state index in [9.17, 15) is 0 Å². The molecule has 3 heterocycles. The molecule has 4 rings (SSSR count). The van der Waals surface area contributed by atoms with Crippen LogP contribution in [0.3, 0.4) is 0 Å². The molecule has 35 heavy (non-hydrogen) atoms. The first-order valence-corrected chi connectivity index (χ1v) is 13.3. The van der Waals surface area contributed by atoms with Crippen molar-refractivity contribution in [1.82, 2.24) is 15.3 Å². The van der Waals surface area contributed by atoms with E-state index >= 15 is 0 Å². The number of pyridine rings is 2. The molecule has 2 aromatic heterocycles. The van der Waals surface area contributed by atoms with Gasteiger partial charge >= 0.3 is 0 Å². The Bertz CT molecular complexity index is 963. The molecule has 0 bridgehead atoms. The summed E-state index contributed by atoms with van der Waals surface area (Å²) in [6, 6.07) is 4.96. The van der Waals surface area contributed by atoms with Crippen LogP contribution in [0.4, 0.5) is 11.5 Å². The first kappa shape index (κ1) is 26.4. The maximum Gasteiger partial charge on any atom is 0.137 e. The Labute approximate surface area is 218 Å². The minimum absolute atomic E-state index is 0.210. The molecule has 9 heteroatoms. The van der Waals surface area contributed by atoms with Crippen LogP contribution in [0.1, 0.15) is 45.4 Å². The molecule has 0 radical (unpaired) electrons. The van der Waals surface area contributed by atoms with Crippen molar-refractivity contribution in [2.75, 3.05) is 50.7 Å². The Balaban J connectivity index is 1.40. The lowest BCUT2D eigenvalue weighted by molar-refractivity contribution is 0.0300. The zero-order chi connectivity index (χ0) is 24.7. The number of anilines is 2. The van der Waals surface area contributed by atoms with Crippen LogP contribution in [-0.4, -0.2) is 62.1 Å². The molecule has 1 saturated carbocycles. The highest BCUT2D eigenvalue weighted by atomic mass is 35.5. The van der Waals surface area contributed by atoms with E-state index in [4.69, 9.17) is 32.7 Å². The van der Waals surface area contributed by atoms with Gasteiger partial charge in [-0.05, 0) is 56.1 Å². The second-order valence-corrected chi connectivity index (χ2v) is 10.8. The summed E-state index contributed by atoms with van der Waals surface area (Å²) in [5.74, 6) is 0.810. The molecule has 0 unspecified atom stereocenters. The molecule has 1 aliphatic carbocycles. The molecule has 192 valence electrons. The normalized spacial score (nSPS) is 22.1. The van der Waals surface area contributed by atoms with Crippen molar-refractivity contribution in [2.45, 2.75) is 57.5 Å². The third kappa shape index (κ3) is 7.43. The first-order valence-electron chi connectivity index (χ1n) is 12.6. The minimum Gasteiger partial charge on any atom is -0.383 e. The topological polar surface area (TPSA) is 80.3 Å². The van der Waals surface area contributed by atoms with Crippen LogP contribution in [0.25, 0.3) is 11.1 Å². The van der Waals surface area contributed by atoms with E-state index < -0.39 is 0 Å². The average molecular weight is 523 g/mol. The number of methoxy groups -OCH3 is 1. The highest BCUT2D eigenvalue weighted by Crippen LogP contribution is 2.36. The average Bonchev–Trinajstić information content (AvgIpc) is 2.86. The molecule has 2 fully saturated rings. The summed E-state index contributed by atoms with van der Waals surface area (Å²) in [6.07, 6.45) is 10.0. The summed E-state index contributed by atoms with van der Waals surface area (Å²) in [4.78, 5) is 8.96. The zero-order valence-electron chi connectivity index (χ0n) is 20.7. The van der Waals surface area contributed by atoms with Crippen LogP contribution in [0, 0.1) is 5.41 Å². The van der Waals surface area contributed by atoms with E-state index in [-0.39, 0.29) is 5.41 Å². The molecule has 7 nitrogen and oxygen atoms in total. The Morgan fingerprint density at radius 3 is 2.51 bits per heavy atom. The van der Waals surface area contributed by atoms with Crippen LogP contribution in [0.15, 0.2) is 24.5 Å². The van der Waals surface area contributed by atoms with E-state index in [1.165, 1.54) is 0 Å². The van der Waals surface area contributed by atoms with E-state index in [1.54, 1.807) is 19.5 Å². The lowest BCUT2D eigenvalue weighted by atomic mass is 9.82. The highest BCUT2D eigenvalue weighted by molar-refractivity contribution is 6.36. The fourth-order valence-electron chi connectivity index (χ4n) is 4.83. The van der Waals surface area contributed by atoms with Gasteiger partial charge in [-0.25, -0.2) is 9.97 Å². The Kier molecular flexibility index (Phi) is 9.47. The number of hydrogen-bond donors (Lipinski definition) is 3. The van der Waals surface area contributed by atoms with Gasteiger partial charge in [-0.2, -0.15) is 0 Å². The van der Waals surface area contributed by atoms with Crippen molar-refractivity contribution in [3.05, 3.63) is 34.7 Å². The number of ether oxygens (including phenoxy) is 2. The van der Waals surface area contributed by atoms with E-state index in [2.05, 4.69) is 32.8 Å². The maximum atomic E-state index is 6.57. The third-order valence-electron chi connectivity index (χ3n) is 7.22. The number of aromatic nitrogens is 2. The molecule has 1 saturated heterocycles. The fraction of sp³-hybridized carbons (Fsp3) is 0.615. The van der Waals surface area contributed by atoms with E-state index in [1.807, 2.05) is 12.1 Å². The predicted molar refractivity (Wildman–Crippen MR) is 144 cm³/mol. The number of hydrogen-bond acceptors (Lipinski definition) is 7. The van der Waals surface area contributed by atoms with Gasteiger partial charge in [-0.1, -0.05) is 30.1 Å². The van der Waals surface area contributed by atoms with Crippen molar-refractivity contribution in [1.29, 1.82) is 0 Å². The molecule has 0 atom stereocenters. The molecule has 0 spiro atoms. The summed E-state index contributed by atoms with van der Waals surface area (Å²) in [5, 5.41) is 11.7. The number of nitrogens with one attached hydrogen (secondary N) is 3. The largest absolute Gasteiger partial charge is 0.383 e.